The summed E-state index contributed by atoms with van der Waals surface area (Å²) >= 11 is 0. The largest absolute Gasteiger partial charge is 0.398 e. The highest BCUT2D eigenvalue weighted by molar-refractivity contribution is 7.92. The number of anilines is 2. The molecule has 0 unspecified atom stereocenters. The molecule has 0 spiro atoms. The molecule has 112 valence electrons. The van der Waals surface area contributed by atoms with Gasteiger partial charge in [0.1, 0.15) is 0 Å². The van der Waals surface area contributed by atoms with Crippen LogP contribution in [-0.4, -0.2) is 8.42 Å². The second kappa shape index (κ2) is 5.41. The molecule has 21 heavy (non-hydrogen) atoms. The van der Waals surface area contributed by atoms with Crippen molar-refractivity contribution in [3.8, 4) is 0 Å². The molecule has 0 aromatic heterocycles. The zero-order valence-electron chi connectivity index (χ0n) is 12.7. The first-order chi connectivity index (χ1) is 9.72. The predicted molar refractivity (Wildman–Crippen MR) is 87.1 cm³/mol. The second-order valence-electron chi connectivity index (χ2n) is 5.35. The maximum Gasteiger partial charge on any atom is 0.262 e. The number of para-hydroxylation sites is 1. The third-order valence-electron chi connectivity index (χ3n) is 3.55. The third-order valence-corrected chi connectivity index (χ3v) is 5.03. The maximum atomic E-state index is 12.7. The number of sulfonamides is 1. The molecule has 2 aromatic rings. The summed E-state index contributed by atoms with van der Waals surface area (Å²) in [6, 6.07) is 9.07. The molecule has 0 amide bonds. The molecule has 2 aromatic carbocycles. The van der Waals surface area contributed by atoms with Gasteiger partial charge in [-0.25, -0.2) is 8.42 Å². The molecule has 5 heteroatoms. The van der Waals surface area contributed by atoms with E-state index in [1.165, 1.54) is 0 Å². The zero-order chi connectivity index (χ0) is 15.8. The average Bonchev–Trinajstić information content (AvgIpc) is 2.38. The van der Waals surface area contributed by atoms with Gasteiger partial charge in [-0.3, -0.25) is 4.72 Å². The molecule has 0 aliphatic heterocycles. The number of benzene rings is 2. The zero-order valence-corrected chi connectivity index (χ0v) is 13.5. The van der Waals surface area contributed by atoms with Crippen molar-refractivity contribution < 1.29 is 8.42 Å². The van der Waals surface area contributed by atoms with Crippen LogP contribution in [0.2, 0.25) is 0 Å². The lowest BCUT2D eigenvalue weighted by Crippen LogP contribution is -2.16. The summed E-state index contributed by atoms with van der Waals surface area (Å²) in [6.07, 6.45) is 0. The van der Waals surface area contributed by atoms with Gasteiger partial charge >= 0.3 is 0 Å². The summed E-state index contributed by atoms with van der Waals surface area (Å²) in [6.45, 7) is 7.30. The minimum absolute atomic E-state index is 0.225. The quantitative estimate of drug-likeness (QED) is 0.855. The fourth-order valence-electron chi connectivity index (χ4n) is 2.30. The third kappa shape index (κ3) is 3.03. The van der Waals surface area contributed by atoms with Gasteiger partial charge in [0.05, 0.1) is 10.6 Å². The minimum Gasteiger partial charge on any atom is -0.398 e. The summed E-state index contributed by atoms with van der Waals surface area (Å²) in [4.78, 5) is 0.225. The van der Waals surface area contributed by atoms with Crippen molar-refractivity contribution in [2.75, 3.05) is 10.5 Å². The van der Waals surface area contributed by atoms with E-state index in [0.717, 1.165) is 16.7 Å². The molecule has 2 rings (SSSR count). The Kier molecular flexibility index (Phi) is 3.96. The molecule has 4 nitrogen and oxygen atoms in total. The van der Waals surface area contributed by atoms with Crippen molar-refractivity contribution in [2.45, 2.75) is 32.6 Å². The van der Waals surface area contributed by atoms with E-state index in [9.17, 15) is 8.42 Å². The molecule has 0 atom stereocenters. The Bertz CT molecular complexity index is 776. The van der Waals surface area contributed by atoms with Gasteiger partial charge < -0.3 is 5.73 Å². The van der Waals surface area contributed by atoms with E-state index in [1.54, 1.807) is 19.1 Å². The van der Waals surface area contributed by atoms with Crippen LogP contribution in [0.15, 0.2) is 35.2 Å². The van der Waals surface area contributed by atoms with Crippen molar-refractivity contribution in [1.82, 2.24) is 0 Å². The van der Waals surface area contributed by atoms with Gasteiger partial charge in [0.25, 0.3) is 10.0 Å². The molecule has 0 aliphatic carbocycles. The highest BCUT2D eigenvalue weighted by atomic mass is 32.2. The Labute approximate surface area is 126 Å². The van der Waals surface area contributed by atoms with Gasteiger partial charge in [-0.1, -0.05) is 18.2 Å². The summed E-state index contributed by atoms with van der Waals surface area (Å²) in [5.41, 5.74) is 10.1. The number of nitrogens with two attached hydrogens (primary N) is 1. The molecule has 3 N–H and O–H groups in total. The lowest BCUT2D eigenvalue weighted by Gasteiger charge is -2.16. The van der Waals surface area contributed by atoms with E-state index < -0.39 is 10.0 Å². The fraction of sp³-hybridized carbons (Fsp3) is 0.250. The first kappa shape index (κ1) is 15.4. The predicted octanol–water partition coefficient (Wildman–Crippen LogP) is 3.30. The van der Waals surface area contributed by atoms with E-state index in [0.29, 0.717) is 16.9 Å². The Balaban J connectivity index is 2.54. The van der Waals surface area contributed by atoms with Gasteiger partial charge in [-0.15, -0.1) is 0 Å². The summed E-state index contributed by atoms with van der Waals surface area (Å²) in [5.74, 6) is 0. The van der Waals surface area contributed by atoms with Crippen LogP contribution in [0.4, 0.5) is 11.4 Å². The van der Waals surface area contributed by atoms with Gasteiger partial charge in [-0.2, -0.15) is 0 Å². The fourth-order valence-corrected chi connectivity index (χ4v) is 3.86. The Morgan fingerprint density at radius 2 is 1.57 bits per heavy atom. The highest BCUT2D eigenvalue weighted by Crippen LogP contribution is 2.27. The summed E-state index contributed by atoms with van der Waals surface area (Å²) in [5, 5.41) is 0. The monoisotopic (exact) mass is 304 g/mol. The molecule has 0 heterocycles. The number of rotatable bonds is 3. The Hall–Kier alpha value is -2.01. The normalized spacial score (nSPS) is 11.4. The highest BCUT2D eigenvalue weighted by Gasteiger charge is 2.20. The Morgan fingerprint density at radius 3 is 2.14 bits per heavy atom. The Morgan fingerprint density at radius 1 is 1.00 bits per heavy atom. The number of aryl methyl sites for hydroxylation is 3. The SMILES string of the molecule is Cc1cc(N)c(C)c(S(=O)(=O)Nc2c(C)cccc2C)c1. The standard InChI is InChI=1S/C16H20N2O2S/c1-10-8-14(17)13(4)15(9-10)21(19,20)18-16-11(2)6-5-7-12(16)3/h5-9,18H,17H2,1-4H3. The van der Waals surface area contributed by atoms with Crippen LogP contribution in [0.25, 0.3) is 0 Å². The summed E-state index contributed by atoms with van der Waals surface area (Å²) < 4.78 is 28.0. The number of nitrogen functional groups attached to an aromatic ring is 1. The molecular weight excluding hydrogens is 284 g/mol. The van der Waals surface area contributed by atoms with Crippen LogP contribution in [0.1, 0.15) is 22.3 Å². The van der Waals surface area contributed by atoms with Crippen molar-refractivity contribution >= 4 is 21.4 Å². The molecule has 0 bridgehead atoms. The van der Waals surface area contributed by atoms with Gasteiger partial charge in [-0.05, 0) is 62.1 Å². The lowest BCUT2D eigenvalue weighted by molar-refractivity contribution is 0.600. The molecule has 0 aliphatic rings. The van der Waals surface area contributed by atoms with Gasteiger partial charge in [0.15, 0.2) is 0 Å². The van der Waals surface area contributed by atoms with E-state index >= 15 is 0 Å². The van der Waals surface area contributed by atoms with Crippen molar-refractivity contribution in [3.05, 3.63) is 52.6 Å². The first-order valence-electron chi connectivity index (χ1n) is 6.68. The van der Waals surface area contributed by atoms with E-state index in [-0.39, 0.29) is 4.90 Å². The second-order valence-corrected chi connectivity index (χ2v) is 7.00. The smallest absolute Gasteiger partial charge is 0.262 e. The average molecular weight is 304 g/mol. The molecule has 0 saturated carbocycles. The summed E-state index contributed by atoms with van der Waals surface area (Å²) in [7, 11) is -3.66. The van der Waals surface area contributed by atoms with Gasteiger partial charge in [0.2, 0.25) is 0 Å². The topological polar surface area (TPSA) is 72.2 Å². The molecule has 0 fully saturated rings. The van der Waals surface area contributed by atoms with Crippen LogP contribution in [-0.2, 0) is 10.0 Å². The maximum absolute atomic E-state index is 12.7. The number of hydrogen-bond acceptors (Lipinski definition) is 3. The van der Waals surface area contributed by atoms with E-state index in [1.807, 2.05) is 39.0 Å². The first-order valence-corrected chi connectivity index (χ1v) is 8.16. The van der Waals surface area contributed by atoms with Crippen LogP contribution in [0.5, 0.6) is 0 Å². The minimum atomic E-state index is -3.66. The van der Waals surface area contributed by atoms with E-state index in [2.05, 4.69) is 4.72 Å². The van der Waals surface area contributed by atoms with Crippen molar-refractivity contribution in [2.24, 2.45) is 0 Å². The van der Waals surface area contributed by atoms with Crippen molar-refractivity contribution in [3.63, 3.8) is 0 Å². The number of hydrogen-bond donors (Lipinski definition) is 2. The van der Waals surface area contributed by atoms with Crippen LogP contribution >= 0.6 is 0 Å². The van der Waals surface area contributed by atoms with Gasteiger partial charge in [0, 0.05) is 5.69 Å². The van der Waals surface area contributed by atoms with Crippen LogP contribution < -0.4 is 10.5 Å². The van der Waals surface area contributed by atoms with Crippen LogP contribution in [0.3, 0.4) is 0 Å². The number of nitrogens with one attached hydrogen (secondary N) is 1. The molecular formula is C16H20N2O2S. The van der Waals surface area contributed by atoms with Crippen LogP contribution in [0, 0.1) is 27.7 Å². The van der Waals surface area contributed by atoms with Crippen molar-refractivity contribution in [1.29, 1.82) is 0 Å². The molecule has 0 saturated heterocycles. The van der Waals surface area contributed by atoms with E-state index in [4.69, 9.17) is 5.73 Å². The lowest BCUT2D eigenvalue weighted by atomic mass is 10.1. The molecule has 0 radical (unpaired) electrons.